The van der Waals surface area contributed by atoms with Crippen molar-refractivity contribution in [1.82, 2.24) is 0 Å². The fourth-order valence-electron chi connectivity index (χ4n) is 1.51. The Kier molecular flexibility index (Phi) is 4.62. The number of thioether (sulfide) groups is 1. The van der Waals surface area contributed by atoms with Gasteiger partial charge in [0.15, 0.2) is 0 Å². The van der Waals surface area contributed by atoms with Crippen molar-refractivity contribution in [1.29, 1.82) is 5.26 Å². The minimum absolute atomic E-state index is 0.427. The smallest absolute Gasteiger partial charge is 0.329 e. The highest BCUT2D eigenvalue weighted by Gasteiger charge is 2.31. The van der Waals surface area contributed by atoms with Gasteiger partial charge in [-0.05, 0) is 31.7 Å². The summed E-state index contributed by atoms with van der Waals surface area (Å²) in [4.78, 5) is 12.1. The molecule has 0 saturated heterocycles. The molecular formula is C13H16N2O2S. The molecular weight excluding hydrogens is 248 g/mol. The normalized spacial score (nSPS) is 13.4. The molecule has 0 aliphatic heterocycles. The van der Waals surface area contributed by atoms with Crippen molar-refractivity contribution in [2.24, 2.45) is 0 Å². The zero-order valence-corrected chi connectivity index (χ0v) is 11.5. The summed E-state index contributed by atoms with van der Waals surface area (Å²) in [6.07, 6.45) is 2.31. The maximum atomic E-state index is 11.3. The first-order chi connectivity index (χ1) is 8.48. The molecule has 0 spiro atoms. The van der Waals surface area contributed by atoms with Crippen molar-refractivity contribution in [3.05, 3.63) is 23.8 Å². The average molecular weight is 264 g/mol. The van der Waals surface area contributed by atoms with E-state index in [9.17, 15) is 15.2 Å². The van der Waals surface area contributed by atoms with Gasteiger partial charge in [0, 0.05) is 4.90 Å². The number of nitrogens with one attached hydrogen (secondary N) is 1. The minimum Gasteiger partial charge on any atom is -0.480 e. The minimum atomic E-state index is -1.07. The number of hydrogen-bond acceptors (Lipinski definition) is 4. The Hall–Kier alpha value is -1.67. The quantitative estimate of drug-likeness (QED) is 0.800. The monoisotopic (exact) mass is 264 g/mol. The molecule has 2 N–H and O–H groups in total. The lowest BCUT2D eigenvalue weighted by atomic mass is 9.98. The highest BCUT2D eigenvalue weighted by molar-refractivity contribution is 7.98. The molecule has 0 radical (unpaired) electrons. The lowest BCUT2D eigenvalue weighted by Crippen LogP contribution is -2.42. The lowest BCUT2D eigenvalue weighted by Gasteiger charge is -2.26. The van der Waals surface area contributed by atoms with Crippen LogP contribution >= 0.6 is 11.8 Å². The van der Waals surface area contributed by atoms with Crippen molar-refractivity contribution in [3.63, 3.8) is 0 Å². The highest BCUT2D eigenvalue weighted by Crippen LogP contribution is 2.29. The molecule has 0 saturated carbocycles. The fraction of sp³-hybridized carbons (Fsp3) is 0.385. The molecule has 18 heavy (non-hydrogen) atoms. The van der Waals surface area contributed by atoms with E-state index in [-0.39, 0.29) is 0 Å². The summed E-state index contributed by atoms with van der Waals surface area (Å²) in [5, 5.41) is 21.4. The van der Waals surface area contributed by atoms with Gasteiger partial charge in [-0.1, -0.05) is 13.0 Å². The Morgan fingerprint density at radius 3 is 2.72 bits per heavy atom. The van der Waals surface area contributed by atoms with Gasteiger partial charge in [-0.25, -0.2) is 4.79 Å². The summed E-state index contributed by atoms with van der Waals surface area (Å²) in [6.45, 7) is 3.41. The molecule has 1 aromatic carbocycles. The number of nitrogens with zero attached hydrogens (tertiary/aromatic N) is 1. The molecule has 0 amide bonds. The maximum absolute atomic E-state index is 11.3. The topological polar surface area (TPSA) is 73.1 Å². The second-order valence-corrected chi connectivity index (χ2v) is 4.96. The number of carbonyl (C=O) groups is 1. The second kappa shape index (κ2) is 5.78. The Balaban J connectivity index is 3.20. The van der Waals surface area contributed by atoms with Crippen molar-refractivity contribution >= 4 is 23.4 Å². The standard InChI is InChI=1S/C13H16N2O2S/c1-4-13(2,12(16)17)15-10-6-5-7-11(18-3)9(10)8-14/h5-7,15H,4H2,1-3H3,(H,16,17). The van der Waals surface area contributed by atoms with Crippen LogP contribution in [0, 0.1) is 11.3 Å². The van der Waals surface area contributed by atoms with Gasteiger partial charge in [-0.15, -0.1) is 11.8 Å². The first-order valence-corrected chi connectivity index (χ1v) is 6.79. The zero-order valence-electron chi connectivity index (χ0n) is 10.7. The van der Waals surface area contributed by atoms with Crippen molar-refractivity contribution < 1.29 is 9.90 Å². The van der Waals surface area contributed by atoms with Gasteiger partial charge in [-0.3, -0.25) is 0 Å². The number of rotatable bonds is 5. The Bertz CT molecular complexity index is 496. The van der Waals surface area contributed by atoms with Crippen LogP contribution in [-0.4, -0.2) is 22.9 Å². The van der Waals surface area contributed by atoms with Crippen LogP contribution < -0.4 is 5.32 Å². The third kappa shape index (κ3) is 2.77. The molecule has 0 fully saturated rings. The molecule has 0 aromatic heterocycles. The zero-order chi connectivity index (χ0) is 13.8. The lowest BCUT2D eigenvalue weighted by molar-refractivity contribution is -0.141. The maximum Gasteiger partial charge on any atom is 0.329 e. The van der Waals surface area contributed by atoms with Gasteiger partial charge < -0.3 is 10.4 Å². The number of carboxylic acids is 1. The SMILES string of the molecule is CCC(C)(Nc1cccc(SC)c1C#N)C(=O)O. The van der Waals surface area contributed by atoms with E-state index in [0.717, 1.165) is 4.90 Å². The van der Waals surface area contributed by atoms with Crippen LogP contribution in [0.3, 0.4) is 0 Å². The summed E-state index contributed by atoms with van der Waals surface area (Å²) in [6, 6.07) is 7.51. The largest absolute Gasteiger partial charge is 0.480 e. The van der Waals surface area contributed by atoms with E-state index < -0.39 is 11.5 Å². The molecule has 96 valence electrons. The highest BCUT2D eigenvalue weighted by atomic mass is 32.2. The number of carboxylic acid groups (broad SMARTS) is 1. The van der Waals surface area contributed by atoms with Crippen molar-refractivity contribution in [2.45, 2.75) is 30.7 Å². The summed E-state index contributed by atoms with van der Waals surface area (Å²) in [5.41, 5.74) is -0.00940. The second-order valence-electron chi connectivity index (χ2n) is 4.11. The van der Waals surface area contributed by atoms with Crippen LogP contribution in [0.5, 0.6) is 0 Å². The third-order valence-corrected chi connectivity index (χ3v) is 3.73. The van der Waals surface area contributed by atoms with Gasteiger partial charge in [0.05, 0.1) is 11.3 Å². The first-order valence-electron chi connectivity index (χ1n) is 5.57. The Labute approximate surface area is 111 Å². The van der Waals surface area contributed by atoms with Gasteiger partial charge in [0.2, 0.25) is 0 Å². The van der Waals surface area contributed by atoms with Crippen molar-refractivity contribution in [3.8, 4) is 6.07 Å². The van der Waals surface area contributed by atoms with E-state index in [4.69, 9.17) is 0 Å². The number of nitriles is 1. The van der Waals surface area contributed by atoms with Crippen LogP contribution in [0.1, 0.15) is 25.8 Å². The third-order valence-electron chi connectivity index (χ3n) is 2.95. The molecule has 0 bridgehead atoms. The molecule has 1 atom stereocenters. The molecule has 5 heteroatoms. The number of benzene rings is 1. The molecule has 1 aromatic rings. The number of anilines is 1. The predicted molar refractivity (Wildman–Crippen MR) is 72.9 cm³/mol. The van der Waals surface area contributed by atoms with E-state index in [1.54, 1.807) is 19.9 Å². The summed E-state index contributed by atoms with van der Waals surface area (Å²) in [5.74, 6) is -0.927. The molecule has 0 heterocycles. The van der Waals surface area contributed by atoms with Crippen LogP contribution in [0.25, 0.3) is 0 Å². The molecule has 0 aliphatic carbocycles. The van der Waals surface area contributed by atoms with E-state index in [1.807, 2.05) is 18.4 Å². The summed E-state index contributed by atoms with van der Waals surface area (Å²) >= 11 is 1.47. The Morgan fingerprint density at radius 1 is 1.61 bits per heavy atom. The van der Waals surface area contributed by atoms with E-state index in [1.165, 1.54) is 11.8 Å². The number of aliphatic carboxylic acids is 1. The first kappa shape index (κ1) is 14.4. The molecule has 4 nitrogen and oxygen atoms in total. The van der Waals surface area contributed by atoms with E-state index >= 15 is 0 Å². The summed E-state index contributed by atoms with van der Waals surface area (Å²) in [7, 11) is 0. The molecule has 1 rings (SSSR count). The van der Waals surface area contributed by atoms with Crippen LogP contribution in [0.4, 0.5) is 5.69 Å². The van der Waals surface area contributed by atoms with Gasteiger partial charge in [0.25, 0.3) is 0 Å². The fourth-order valence-corrected chi connectivity index (χ4v) is 2.09. The van der Waals surface area contributed by atoms with Gasteiger partial charge in [0.1, 0.15) is 11.6 Å². The summed E-state index contributed by atoms with van der Waals surface area (Å²) < 4.78 is 0. The predicted octanol–water partition coefficient (Wildman–Crippen LogP) is 2.95. The number of hydrogen-bond donors (Lipinski definition) is 2. The van der Waals surface area contributed by atoms with Crippen LogP contribution in [0.15, 0.2) is 23.1 Å². The van der Waals surface area contributed by atoms with Crippen LogP contribution in [0.2, 0.25) is 0 Å². The van der Waals surface area contributed by atoms with E-state index in [0.29, 0.717) is 17.7 Å². The van der Waals surface area contributed by atoms with Crippen molar-refractivity contribution in [2.75, 3.05) is 11.6 Å². The van der Waals surface area contributed by atoms with E-state index in [2.05, 4.69) is 11.4 Å². The van der Waals surface area contributed by atoms with Gasteiger partial charge >= 0.3 is 5.97 Å². The van der Waals surface area contributed by atoms with Gasteiger partial charge in [-0.2, -0.15) is 5.26 Å². The average Bonchev–Trinajstić information content (AvgIpc) is 2.37. The molecule has 0 aliphatic rings. The molecule has 1 unspecified atom stereocenters. The Morgan fingerprint density at radius 2 is 2.28 bits per heavy atom. The van der Waals surface area contributed by atoms with Crippen LogP contribution in [-0.2, 0) is 4.79 Å².